The minimum absolute atomic E-state index is 0.182. The molecule has 2 amide bonds. The van der Waals surface area contributed by atoms with Crippen LogP contribution in [0.2, 0.25) is 0 Å². The molecular weight excluding hydrogens is 448 g/mol. The van der Waals surface area contributed by atoms with Crippen LogP contribution in [-0.2, 0) is 22.7 Å². The van der Waals surface area contributed by atoms with Crippen molar-refractivity contribution in [3.63, 3.8) is 0 Å². The third-order valence-corrected chi connectivity index (χ3v) is 5.08. The molecule has 0 fully saturated rings. The molecular formula is C25H28N6O4. The Bertz CT molecular complexity index is 1270. The molecule has 0 bridgehead atoms. The number of furan rings is 2. The molecule has 10 nitrogen and oxygen atoms in total. The van der Waals surface area contributed by atoms with Crippen molar-refractivity contribution in [2.45, 2.75) is 52.4 Å². The number of hydrogen-bond acceptors (Lipinski definition) is 7. The Morgan fingerprint density at radius 2 is 1.86 bits per heavy atom. The molecule has 1 aromatic carbocycles. The molecule has 0 aliphatic heterocycles. The highest BCUT2D eigenvalue weighted by Crippen LogP contribution is 2.26. The van der Waals surface area contributed by atoms with Gasteiger partial charge in [0.25, 0.3) is 5.91 Å². The van der Waals surface area contributed by atoms with Crippen LogP contribution in [0.4, 0.5) is 0 Å². The highest BCUT2D eigenvalue weighted by Gasteiger charge is 2.35. The van der Waals surface area contributed by atoms with Crippen molar-refractivity contribution in [3.05, 3.63) is 77.9 Å². The fourth-order valence-electron chi connectivity index (χ4n) is 3.59. The van der Waals surface area contributed by atoms with E-state index in [9.17, 15) is 9.59 Å². The molecule has 0 aliphatic carbocycles. The highest BCUT2D eigenvalue weighted by molar-refractivity contribution is 5.88. The summed E-state index contributed by atoms with van der Waals surface area (Å²) >= 11 is 0. The van der Waals surface area contributed by atoms with E-state index >= 15 is 0 Å². The number of nitrogens with zero attached hydrogens (tertiary/aromatic N) is 5. The van der Waals surface area contributed by atoms with Gasteiger partial charge in [-0.05, 0) is 62.7 Å². The van der Waals surface area contributed by atoms with Gasteiger partial charge in [-0.15, -0.1) is 10.2 Å². The molecule has 182 valence electrons. The van der Waals surface area contributed by atoms with E-state index in [0.717, 1.165) is 5.56 Å². The largest absolute Gasteiger partial charge is 0.467 e. The number of aromatic nitrogens is 4. The van der Waals surface area contributed by atoms with Crippen LogP contribution in [-0.4, -0.2) is 42.5 Å². The number of nitrogens with one attached hydrogen (secondary N) is 1. The minimum atomic E-state index is -0.993. The second kappa shape index (κ2) is 9.96. The van der Waals surface area contributed by atoms with Gasteiger partial charge in [-0.1, -0.05) is 30.3 Å². The molecule has 1 N–H and O–H groups in total. The van der Waals surface area contributed by atoms with Crippen LogP contribution in [0.5, 0.6) is 0 Å². The van der Waals surface area contributed by atoms with Gasteiger partial charge in [0.2, 0.25) is 11.7 Å². The van der Waals surface area contributed by atoms with Gasteiger partial charge in [0.05, 0.1) is 6.26 Å². The molecule has 0 saturated heterocycles. The van der Waals surface area contributed by atoms with Gasteiger partial charge < -0.3 is 19.1 Å². The molecule has 1 atom stereocenters. The summed E-state index contributed by atoms with van der Waals surface area (Å²) in [6.07, 6.45) is 1.48. The van der Waals surface area contributed by atoms with Crippen LogP contribution in [0.1, 0.15) is 43.9 Å². The first kappa shape index (κ1) is 23.9. The lowest BCUT2D eigenvalue weighted by atomic mass is 10.1. The van der Waals surface area contributed by atoms with Crippen LogP contribution >= 0.6 is 0 Å². The van der Waals surface area contributed by atoms with E-state index in [-0.39, 0.29) is 30.7 Å². The zero-order valence-corrected chi connectivity index (χ0v) is 20.1. The fraction of sp³-hybridized carbons (Fsp3) is 0.320. The number of carbonyl (C=O) groups is 2. The van der Waals surface area contributed by atoms with Crippen LogP contribution in [0, 0.1) is 6.92 Å². The van der Waals surface area contributed by atoms with E-state index < -0.39 is 11.6 Å². The van der Waals surface area contributed by atoms with E-state index in [1.807, 2.05) is 58.0 Å². The molecule has 0 radical (unpaired) electrons. The summed E-state index contributed by atoms with van der Waals surface area (Å²) in [7, 11) is 0. The number of benzene rings is 1. The second-order valence-electron chi connectivity index (χ2n) is 9.22. The summed E-state index contributed by atoms with van der Waals surface area (Å²) in [5, 5.41) is 15.2. The van der Waals surface area contributed by atoms with Crippen LogP contribution < -0.4 is 5.32 Å². The lowest BCUT2D eigenvalue weighted by molar-refractivity contribution is -0.143. The summed E-state index contributed by atoms with van der Waals surface area (Å²) in [5.74, 6) is 1.07. The third-order valence-electron chi connectivity index (χ3n) is 5.08. The third kappa shape index (κ3) is 6.03. The Morgan fingerprint density at radius 3 is 2.49 bits per heavy atom. The van der Waals surface area contributed by atoms with Crippen LogP contribution in [0.3, 0.4) is 0 Å². The Hall–Kier alpha value is -4.21. The lowest BCUT2D eigenvalue weighted by Crippen LogP contribution is -2.49. The van der Waals surface area contributed by atoms with E-state index in [4.69, 9.17) is 8.83 Å². The van der Waals surface area contributed by atoms with Crippen molar-refractivity contribution in [2.75, 3.05) is 0 Å². The Kier molecular flexibility index (Phi) is 6.81. The maximum Gasteiger partial charge on any atom is 0.251 e. The monoisotopic (exact) mass is 476 g/mol. The van der Waals surface area contributed by atoms with Gasteiger partial charge in [0.15, 0.2) is 11.8 Å². The van der Waals surface area contributed by atoms with Gasteiger partial charge in [0, 0.05) is 12.1 Å². The number of hydrogen-bond donors (Lipinski definition) is 1. The molecule has 3 heterocycles. The molecule has 0 unspecified atom stereocenters. The zero-order valence-electron chi connectivity index (χ0n) is 20.1. The highest BCUT2D eigenvalue weighted by atomic mass is 16.3. The molecule has 0 spiro atoms. The summed E-state index contributed by atoms with van der Waals surface area (Å²) in [5.41, 5.74) is 0.353. The summed E-state index contributed by atoms with van der Waals surface area (Å²) in [6, 6.07) is 15.4. The van der Waals surface area contributed by atoms with Gasteiger partial charge in [-0.25, -0.2) is 0 Å². The van der Waals surface area contributed by atoms with Gasteiger partial charge in [0.1, 0.15) is 18.1 Å². The zero-order chi connectivity index (χ0) is 25.0. The quantitative estimate of drug-likeness (QED) is 0.413. The topological polar surface area (TPSA) is 119 Å². The SMILES string of the molecule is Cc1ccc(-c2nnn(CC(=O)N(Cc3ccccc3)[C@@H](C(=O)NC(C)(C)C)c3ccco3)n2)o1. The first-order valence-electron chi connectivity index (χ1n) is 11.2. The Morgan fingerprint density at radius 1 is 1.09 bits per heavy atom. The number of aryl methyl sites for hydroxylation is 1. The van der Waals surface area contributed by atoms with Crippen molar-refractivity contribution in [2.24, 2.45) is 0 Å². The molecule has 4 rings (SSSR count). The second-order valence-corrected chi connectivity index (χ2v) is 9.22. The minimum Gasteiger partial charge on any atom is -0.467 e. The number of carbonyl (C=O) groups excluding carboxylic acids is 2. The number of amides is 2. The fourth-order valence-corrected chi connectivity index (χ4v) is 3.59. The molecule has 0 aliphatic rings. The van der Waals surface area contributed by atoms with Crippen LogP contribution in [0.15, 0.2) is 69.7 Å². The van der Waals surface area contributed by atoms with Gasteiger partial charge in [-0.2, -0.15) is 4.80 Å². The maximum absolute atomic E-state index is 13.6. The standard InChI is InChI=1S/C25H28N6O4/c1-17-12-13-20(35-17)23-27-29-31(28-23)16-21(32)30(15-18-9-6-5-7-10-18)22(19-11-8-14-34-19)24(33)26-25(2,3)4/h5-14,22H,15-16H2,1-4H3,(H,26,33)/t22-/m1/s1. The van der Waals surface area contributed by atoms with E-state index in [1.165, 1.54) is 16.0 Å². The Labute approximate surface area is 202 Å². The van der Waals surface area contributed by atoms with E-state index in [2.05, 4.69) is 20.7 Å². The average molecular weight is 477 g/mol. The lowest BCUT2D eigenvalue weighted by Gasteiger charge is -2.32. The first-order chi connectivity index (χ1) is 16.7. The number of tetrazole rings is 1. The first-order valence-corrected chi connectivity index (χ1v) is 11.2. The van der Waals surface area contributed by atoms with E-state index in [0.29, 0.717) is 17.3 Å². The van der Waals surface area contributed by atoms with Crippen molar-refractivity contribution in [1.29, 1.82) is 0 Å². The van der Waals surface area contributed by atoms with Crippen LogP contribution in [0.25, 0.3) is 11.6 Å². The predicted molar refractivity (Wildman–Crippen MR) is 127 cm³/mol. The van der Waals surface area contributed by atoms with Gasteiger partial charge >= 0.3 is 0 Å². The maximum atomic E-state index is 13.6. The molecule has 10 heteroatoms. The van der Waals surface area contributed by atoms with Gasteiger partial charge in [-0.3, -0.25) is 9.59 Å². The summed E-state index contributed by atoms with van der Waals surface area (Å²) < 4.78 is 11.1. The predicted octanol–water partition coefficient (Wildman–Crippen LogP) is 3.52. The average Bonchev–Trinajstić information content (AvgIpc) is 3.55. The summed E-state index contributed by atoms with van der Waals surface area (Å²) in [6.45, 7) is 7.41. The van der Waals surface area contributed by atoms with Crippen molar-refractivity contribution in [1.82, 2.24) is 30.4 Å². The molecule has 35 heavy (non-hydrogen) atoms. The Balaban J connectivity index is 1.65. The molecule has 3 aromatic heterocycles. The van der Waals surface area contributed by atoms with E-state index in [1.54, 1.807) is 24.3 Å². The van der Waals surface area contributed by atoms with Crippen molar-refractivity contribution >= 4 is 11.8 Å². The van der Waals surface area contributed by atoms with Crippen molar-refractivity contribution in [3.8, 4) is 11.6 Å². The normalized spacial score (nSPS) is 12.3. The molecule has 0 saturated carbocycles. The smallest absolute Gasteiger partial charge is 0.251 e. The summed E-state index contributed by atoms with van der Waals surface area (Å²) in [4.78, 5) is 29.7. The molecule has 4 aromatic rings. The van der Waals surface area contributed by atoms with Crippen molar-refractivity contribution < 1.29 is 18.4 Å². The number of rotatable bonds is 8.